The largest absolute Gasteiger partial charge is 0.391 e. The maximum Gasteiger partial charge on any atom is 0.0708 e. The Balaban J connectivity index is 1.98. The Labute approximate surface area is 77.0 Å². The van der Waals surface area contributed by atoms with Crippen LogP contribution in [0.15, 0.2) is 18.6 Å². The number of rotatable bonds is 2. The highest BCUT2D eigenvalue weighted by Crippen LogP contribution is 2.13. The first-order valence-electron chi connectivity index (χ1n) is 4.50. The zero-order valence-corrected chi connectivity index (χ0v) is 7.35. The molecular weight excluding hydrogens is 166 g/mol. The molecule has 1 aliphatic rings. The smallest absolute Gasteiger partial charge is 0.0708 e. The van der Waals surface area contributed by atoms with E-state index in [0.29, 0.717) is 6.54 Å². The van der Waals surface area contributed by atoms with E-state index in [1.54, 1.807) is 18.6 Å². The number of β-amino-alcohol motifs (C(OH)–C–C–N with tert-alkyl or cyclic N) is 1. The van der Waals surface area contributed by atoms with Crippen molar-refractivity contribution in [3.63, 3.8) is 0 Å². The Kier molecular flexibility index (Phi) is 2.52. The molecule has 2 heterocycles. The number of aliphatic hydroxyl groups is 1. The van der Waals surface area contributed by atoms with Gasteiger partial charge in [0, 0.05) is 37.6 Å². The molecule has 0 spiro atoms. The molecule has 70 valence electrons. The van der Waals surface area contributed by atoms with Crippen LogP contribution in [0, 0.1) is 5.92 Å². The van der Waals surface area contributed by atoms with Gasteiger partial charge < -0.3 is 10.4 Å². The van der Waals surface area contributed by atoms with Gasteiger partial charge in [0.2, 0.25) is 0 Å². The molecule has 2 rings (SSSR count). The van der Waals surface area contributed by atoms with E-state index in [2.05, 4.69) is 15.3 Å². The van der Waals surface area contributed by atoms with Gasteiger partial charge in [0.25, 0.3) is 0 Å². The van der Waals surface area contributed by atoms with Crippen molar-refractivity contribution in [2.45, 2.75) is 12.5 Å². The van der Waals surface area contributed by atoms with Gasteiger partial charge >= 0.3 is 0 Å². The predicted octanol–water partition coefficient (Wildman–Crippen LogP) is -0.401. The molecule has 0 unspecified atom stereocenters. The minimum Gasteiger partial charge on any atom is -0.391 e. The summed E-state index contributed by atoms with van der Waals surface area (Å²) in [5, 5.41) is 12.7. The van der Waals surface area contributed by atoms with Crippen LogP contribution in [-0.4, -0.2) is 34.3 Å². The second-order valence-electron chi connectivity index (χ2n) is 3.39. The van der Waals surface area contributed by atoms with Crippen LogP contribution >= 0.6 is 0 Å². The molecule has 13 heavy (non-hydrogen) atoms. The van der Waals surface area contributed by atoms with E-state index in [0.717, 1.165) is 18.7 Å². The van der Waals surface area contributed by atoms with Gasteiger partial charge in [-0.15, -0.1) is 0 Å². The number of hydrogen-bond donors (Lipinski definition) is 2. The zero-order chi connectivity index (χ0) is 9.10. The summed E-state index contributed by atoms with van der Waals surface area (Å²) in [4.78, 5) is 8.16. The molecule has 0 aliphatic carbocycles. The van der Waals surface area contributed by atoms with Crippen molar-refractivity contribution in [2.24, 2.45) is 5.92 Å². The third kappa shape index (κ3) is 2.02. The van der Waals surface area contributed by atoms with Crippen LogP contribution in [0.4, 0.5) is 0 Å². The second-order valence-corrected chi connectivity index (χ2v) is 3.39. The van der Waals surface area contributed by atoms with Gasteiger partial charge in [0.05, 0.1) is 11.8 Å². The average molecular weight is 179 g/mol. The highest BCUT2D eigenvalue weighted by atomic mass is 16.3. The quantitative estimate of drug-likeness (QED) is 0.648. The third-order valence-electron chi connectivity index (χ3n) is 2.39. The van der Waals surface area contributed by atoms with Crippen molar-refractivity contribution in [1.82, 2.24) is 15.3 Å². The molecule has 2 N–H and O–H groups in total. The lowest BCUT2D eigenvalue weighted by Crippen LogP contribution is -2.20. The van der Waals surface area contributed by atoms with Gasteiger partial charge in [0.15, 0.2) is 0 Å². The van der Waals surface area contributed by atoms with Crippen LogP contribution < -0.4 is 5.32 Å². The fraction of sp³-hybridized carbons (Fsp3) is 0.556. The van der Waals surface area contributed by atoms with Gasteiger partial charge in [-0.3, -0.25) is 9.97 Å². The normalized spacial score (nSPS) is 27.8. The van der Waals surface area contributed by atoms with Gasteiger partial charge in [-0.1, -0.05) is 0 Å². The molecule has 4 nitrogen and oxygen atoms in total. The fourth-order valence-corrected chi connectivity index (χ4v) is 1.63. The van der Waals surface area contributed by atoms with E-state index in [4.69, 9.17) is 0 Å². The number of nitrogens with zero attached hydrogens (tertiary/aromatic N) is 2. The Hall–Kier alpha value is -1.00. The Morgan fingerprint density at radius 3 is 3.00 bits per heavy atom. The van der Waals surface area contributed by atoms with Gasteiger partial charge in [-0.25, -0.2) is 0 Å². The molecule has 1 aromatic rings. The minimum atomic E-state index is -0.234. The highest BCUT2D eigenvalue weighted by molar-refractivity contribution is 4.99. The molecule has 1 aromatic heterocycles. The SMILES string of the molecule is O[C@@H]1CNC[C@H]1Cc1cnccn1. The van der Waals surface area contributed by atoms with Crippen molar-refractivity contribution in [2.75, 3.05) is 13.1 Å². The summed E-state index contributed by atoms with van der Waals surface area (Å²) in [6.07, 6.45) is 5.67. The van der Waals surface area contributed by atoms with E-state index in [9.17, 15) is 5.11 Å². The van der Waals surface area contributed by atoms with Gasteiger partial charge in [-0.2, -0.15) is 0 Å². The first-order chi connectivity index (χ1) is 6.36. The lowest BCUT2D eigenvalue weighted by molar-refractivity contribution is 0.147. The van der Waals surface area contributed by atoms with E-state index < -0.39 is 0 Å². The summed E-state index contributed by atoms with van der Waals surface area (Å²) in [7, 11) is 0. The Bertz CT molecular complexity index is 265. The summed E-state index contributed by atoms with van der Waals surface area (Å²) >= 11 is 0. The minimum absolute atomic E-state index is 0.234. The van der Waals surface area contributed by atoms with E-state index in [1.165, 1.54) is 0 Å². The summed E-state index contributed by atoms with van der Waals surface area (Å²) in [6.45, 7) is 1.57. The molecule has 1 aliphatic heterocycles. The third-order valence-corrected chi connectivity index (χ3v) is 2.39. The van der Waals surface area contributed by atoms with Gasteiger partial charge in [-0.05, 0) is 6.42 Å². The Morgan fingerprint density at radius 1 is 1.46 bits per heavy atom. The predicted molar refractivity (Wildman–Crippen MR) is 48.1 cm³/mol. The van der Waals surface area contributed by atoms with Crippen LogP contribution in [0.25, 0.3) is 0 Å². The van der Waals surface area contributed by atoms with Crippen molar-refractivity contribution in [1.29, 1.82) is 0 Å². The lowest BCUT2D eigenvalue weighted by Gasteiger charge is -2.11. The van der Waals surface area contributed by atoms with E-state index in [1.807, 2.05) is 0 Å². The maximum atomic E-state index is 9.54. The van der Waals surface area contributed by atoms with E-state index in [-0.39, 0.29) is 12.0 Å². The van der Waals surface area contributed by atoms with Crippen molar-refractivity contribution in [3.8, 4) is 0 Å². The van der Waals surface area contributed by atoms with Crippen molar-refractivity contribution in [3.05, 3.63) is 24.3 Å². The number of hydrogen-bond acceptors (Lipinski definition) is 4. The summed E-state index contributed by atoms with van der Waals surface area (Å²) in [6, 6.07) is 0. The maximum absolute atomic E-state index is 9.54. The zero-order valence-electron chi connectivity index (χ0n) is 7.35. The summed E-state index contributed by atoms with van der Waals surface area (Å²) in [5.74, 6) is 0.289. The van der Waals surface area contributed by atoms with Crippen LogP contribution in [0.3, 0.4) is 0 Å². The van der Waals surface area contributed by atoms with Gasteiger partial charge in [0.1, 0.15) is 0 Å². The van der Waals surface area contributed by atoms with Crippen molar-refractivity contribution >= 4 is 0 Å². The molecule has 0 amide bonds. The summed E-state index contributed by atoms with van der Waals surface area (Å²) in [5.41, 5.74) is 0.954. The second kappa shape index (κ2) is 3.81. The summed E-state index contributed by atoms with van der Waals surface area (Å²) < 4.78 is 0. The number of nitrogens with one attached hydrogen (secondary N) is 1. The number of aromatic nitrogens is 2. The molecule has 1 fully saturated rings. The van der Waals surface area contributed by atoms with Crippen LogP contribution in [0.2, 0.25) is 0 Å². The monoisotopic (exact) mass is 179 g/mol. The fourth-order valence-electron chi connectivity index (χ4n) is 1.63. The van der Waals surface area contributed by atoms with Crippen LogP contribution in [0.1, 0.15) is 5.69 Å². The molecule has 0 radical (unpaired) electrons. The lowest BCUT2D eigenvalue weighted by atomic mass is 10.0. The molecule has 0 aromatic carbocycles. The Morgan fingerprint density at radius 2 is 2.38 bits per heavy atom. The van der Waals surface area contributed by atoms with E-state index >= 15 is 0 Å². The van der Waals surface area contributed by atoms with Crippen LogP contribution in [0.5, 0.6) is 0 Å². The first-order valence-corrected chi connectivity index (χ1v) is 4.50. The average Bonchev–Trinajstić information content (AvgIpc) is 2.54. The molecule has 2 atom stereocenters. The standard InChI is InChI=1S/C9H13N3O/c13-9-6-11-4-7(9)3-8-5-10-1-2-12-8/h1-2,5,7,9,11,13H,3-4,6H2/t7-,9-/m1/s1. The highest BCUT2D eigenvalue weighted by Gasteiger charge is 2.25. The molecule has 1 saturated heterocycles. The molecular formula is C9H13N3O. The topological polar surface area (TPSA) is 58.0 Å². The first kappa shape index (κ1) is 8.59. The number of aliphatic hydroxyl groups excluding tert-OH is 1. The molecule has 0 saturated carbocycles. The molecule has 4 heteroatoms. The molecule has 0 bridgehead atoms. The van der Waals surface area contributed by atoms with Crippen molar-refractivity contribution < 1.29 is 5.11 Å². The van der Waals surface area contributed by atoms with Crippen LogP contribution in [-0.2, 0) is 6.42 Å².